The first kappa shape index (κ1) is 9.15. The van der Waals surface area contributed by atoms with Gasteiger partial charge in [0.2, 0.25) is 5.91 Å². The van der Waals surface area contributed by atoms with Crippen molar-refractivity contribution in [3.8, 4) is 0 Å². The fourth-order valence-electron chi connectivity index (χ4n) is 0.810. The van der Waals surface area contributed by atoms with Crippen molar-refractivity contribution in [1.82, 2.24) is 10.3 Å². The highest BCUT2D eigenvalue weighted by Gasteiger charge is 2.09. The lowest BCUT2D eigenvalue weighted by atomic mass is 10.3. The maximum atomic E-state index is 10.9. The third-order valence-corrected chi connectivity index (χ3v) is 2.34. The van der Waals surface area contributed by atoms with E-state index in [1.165, 1.54) is 11.3 Å². The zero-order valence-corrected chi connectivity index (χ0v) is 7.60. The van der Waals surface area contributed by atoms with Gasteiger partial charge in [-0.3, -0.25) is 4.79 Å². The normalized spacial score (nSPS) is 12.5. The van der Waals surface area contributed by atoms with Crippen LogP contribution in [0.4, 0.5) is 0 Å². The molecule has 12 heavy (non-hydrogen) atoms. The summed E-state index contributed by atoms with van der Waals surface area (Å²) >= 11 is 1.52. The van der Waals surface area contributed by atoms with Gasteiger partial charge in [0, 0.05) is 11.6 Å². The molecular formula is C7H11N3OS. The molecule has 66 valence electrons. The Morgan fingerprint density at radius 3 is 3.17 bits per heavy atom. The monoisotopic (exact) mass is 185 g/mol. The summed E-state index contributed by atoms with van der Waals surface area (Å²) in [7, 11) is 0. The molecule has 1 heterocycles. The van der Waals surface area contributed by atoms with E-state index < -0.39 is 0 Å². The topological polar surface area (TPSA) is 68.0 Å². The van der Waals surface area contributed by atoms with E-state index in [4.69, 9.17) is 5.73 Å². The van der Waals surface area contributed by atoms with Crippen molar-refractivity contribution in [2.75, 3.05) is 6.54 Å². The summed E-state index contributed by atoms with van der Waals surface area (Å²) in [6.45, 7) is 1.90. The van der Waals surface area contributed by atoms with Gasteiger partial charge in [-0.1, -0.05) is 0 Å². The summed E-state index contributed by atoms with van der Waals surface area (Å²) in [5.41, 5.74) is 5.14. The van der Waals surface area contributed by atoms with Crippen molar-refractivity contribution in [3.63, 3.8) is 0 Å². The molecule has 5 heteroatoms. The van der Waals surface area contributed by atoms with Crippen LogP contribution >= 0.6 is 11.3 Å². The Balaban J connectivity index is 2.49. The number of hydrogen-bond donors (Lipinski definition) is 2. The predicted molar refractivity (Wildman–Crippen MR) is 47.7 cm³/mol. The minimum absolute atomic E-state index is 0.0235. The Morgan fingerprint density at radius 1 is 1.92 bits per heavy atom. The van der Waals surface area contributed by atoms with Crippen LogP contribution < -0.4 is 11.1 Å². The van der Waals surface area contributed by atoms with Crippen molar-refractivity contribution in [2.24, 2.45) is 5.73 Å². The quantitative estimate of drug-likeness (QED) is 0.710. The van der Waals surface area contributed by atoms with Crippen molar-refractivity contribution >= 4 is 17.2 Å². The molecule has 1 aromatic heterocycles. The number of aromatic nitrogens is 1. The molecule has 0 bridgehead atoms. The molecule has 0 spiro atoms. The van der Waals surface area contributed by atoms with Crippen LogP contribution in [0, 0.1) is 0 Å². The standard InChI is InChI=1S/C7H11N3OS/c1-5(10-6(11)4-8)7-9-2-3-12-7/h2-3,5H,4,8H2,1H3,(H,10,11)/t5-/m1/s1. The number of rotatable bonds is 3. The lowest BCUT2D eigenvalue weighted by molar-refractivity contribution is -0.120. The minimum atomic E-state index is -0.155. The number of carbonyl (C=O) groups is 1. The summed E-state index contributed by atoms with van der Waals surface area (Å²) in [5.74, 6) is -0.155. The maximum Gasteiger partial charge on any atom is 0.234 e. The van der Waals surface area contributed by atoms with E-state index in [2.05, 4.69) is 10.3 Å². The molecule has 1 aromatic rings. The molecule has 1 atom stereocenters. The van der Waals surface area contributed by atoms with E-state index in [0.717, 1.165) is 5.01 Å². The molecule has 1 rings (SSSR count). The smallest absolute Gasteiger partial charge is 0.234 e. The number of hydrogen-bond acceptors (Lipinski definition) is 4. The van der Waals surface area contributed by atoms with Crippen LogP contribution in [-0.2, 0) is 4.79 Å². The summed E-state index contributed by atoms with van der Waals surface area (Å²) in [6.07, 6.45) is 1.71. The first-order chi connectivity index (χ1) is 5.74. The Bertz CT molecular complexity index is 247. The molecule has 0 aromatic carbocycles. The van der Waals surface area contributed by atoms with Gasteiger partial charge in [-0.05, 0) is 6.92 Å². The third-order valence-electron chi connectivity index (χ3n) is 1.38. The molecule has 0 aliphatic heterocycles. The summed E-state index contributed by atoms with van der Waals surface area (Å²) < 4.78 is 0. The average molecular weight is 185 g/mol. The SMILES string of the molecule is C[C@@H](NC(=O)CN)c1nccs1. The van der Waals surface area contributed by atoms with Crippen LogP contribution in [0.2, 0.25) is 0 Å². The fourth-order valence-corrected chi connectivity index (χ4v) is 1.46. The molecule has 0 unspecified atom stereocenters. The van der Waals surface area contributed by atoms with E-state index in [-0.39, 0.29) is 18.5 Å². The van der Waals surface area contributed by atoms with Crippen molar-refractivity contribution < 1.29 is 4.79 Å². The molecule has 0 aliphatic rings. The molecule has 0 fully saturated rings. The lowest BCUT2D eigenvalue weighted by Crippen LogP contribution is -2.32. The highest BCUT2D eigenvalue weighted by atomic mass is 32.1. The van der Waals surface area contributed by atoms with Crippen LogP contribution in [0.5, 0.6) is 0 Å². The zero-order chi connectivity index (χ0) is 8.97. The second-order valence-corrected chi connectivity index (χ2v) is 3.29. The lowest BCUT2D eigenvalue weighted by Gasteiger charge is -2.09. The Hall–Kier alpha value is -0.940. The number of nitrogens with zero attached hydrogens (tertiary/aromatic N) is 1. The second kappa shape index (κ2) is 4.18. The van der Waals surface area contributed by atoms with Crippen molar-refractivity contribution in [1.29, 1.82) is 0 Å². The average Bonchev–Trinajstić information content (AvgIpc) is 2.56. The number of nitrogens with one attached hydrogen (secondary N) is 1. The minimum Gasteiger partial charge on any atom is -0.346 e. The van der Waals surface area contributed by atoms with Crippen molar-refractivity contribution in [2.45, 2.75) is 13.0 Å². The highest BCUT2D eigenvalue weighted by molar-refractivity contribution is 7.09. The van der Waals surface area contributed by atoms with E-state index in [1.54, 1.807) is 6.20 Å². The van der Waals surface area contributed by atoms with Crippen LogP contribution in [-0.4, -0.2) is 17.4 Å². The fraction of sp³-hybridized carbons (Fsp3) is 0.429. The molecule has 0 aliphatic carbocycles. The second-order valence-electron chi connectivity index (χ2n) is 2.36. The number of carbonyl (C=O) groups excluding carboxylic acids is 1. The Labute approximate surface area is 74.8 Å². The third kappa shape index (κ3) is 2.28. The van der Waals surface area contributed by atoms with Gasteiger partial charge in [0.05, 0.1) is 12.6 Å². The van der Waals surface area contributed by atoms with E-state index in [9.17, 15) is 4.79 Å². The van der Waals surface area contributed by atoms with Gasteiger partial charge in [0.15, 0.2) is 0 Å². The van der Waals surface area contributed by atoms with Crippen LogP contribution in [0.1, 0.15) is 18.0 Å². The molecule has 0 saturated carbocycles. The number of thiazole rings is 1. The van der Waals surface area contributed by atoms with Gasteiger partial charge in [0.1, 0.15) is 5.01 Å². The molecular weight excluding hydrogens is 174 g/mol. The molecule has 0 saturated heterocycles. The van der Waals surface area contributed by atoms with Crippen LogP contribution in [0.15, 0.2) is 11.6 Å². The summed E-state index contributed by atoms with van der Waals surface area (Å²) in [4.78, 5) is 14.9. The summed E-state index contributed by atoms with van der Waals surface area (Å²) in [6, 6.07) is -0.0407. The first-order valence-electron chi connectivity index (χ1n) is 3.63. The Kier molecular flexibility index (Phi) is 3.19. The zero-order valence-electron chi connectivity index (χ0n) is 6.78. The van der Waals surface area contributed by atoms with Gasteiger partial charge >= 0.3 is 0 Å². The first-order valence-corrected chi connectivity index (χ1v) is 4.51. The van der Waals surface area contributed by atoms with E-state index in [1.807, 2.05) is 12.3 Å². The number of nitrogens with two attached hydrogens (primary N) is 1. The molecule has 0 radical (unpaired) electrons. The van der Waals surface area contributed by atoms with Gasteiger partial charge in [-0.25, -0.2) is 4.98 Å². The number of amides is 1. The Morgan fingerprint density at radius 2 is 2.67 bits per heavy atom. The van der Waals surface area contributed by atoms with Gasteiger partial charge in [-0.15, -0.1) is 11.3 Å². The summed E-state index contributed by atoms with van der Waals surface area (Å²) in [5, 5.41) is 5.49. The van der Waals surface area contributed by atoms with Gasteiger partial charge in [-0.2, -0.15) is 0 Å². The van der Waals surface area contributed by atoms with E-state index >= 15 is 0 Å². The van der Waals surface area contributed by atoms with Gasteiger partial charge < -0.3 is 11.1 Å². The molecule has 3 N–H and O–H groups in total. The van der Waals surface area contributed by atoms with Gasteiger partial charge in [0.25, 0.3) is 0 Å². The van der Waals surface area contributed by atoms with Crippen molar-refractivity contribution in [3.05, 3.63) is 16.6 Å². The maximum absolute atomic E-state index is 10.9. The predicted octanol–water partition coefficient (Wildman–Crippen LogP) is 0.279. The highest BCUT2D eigenvalue weighted by Crippen LogP contribution is 2.13. The van der Waals surface area contributed by atoms with Crippen LogP contribution in [0.3, 0.4) is 0 Å². The largest absolute Gasteiger partial charge is 0.346 e. The molecule has 4 nitrogen and oxygen atoms in total. The van der Waals surface area contributed by atoms with E-state index in [0.29, 0.717) is 0 Å². The molecule has 1 amide bonds. The van der Waals surface area contributed by atoms with Crippen LogP contribution in [0.25, 0.3) is 0 Å².